The summed E-state index contributed by atoms with van der Waals surface area (Å²) < 4.78 is 13.1. The maximum absolute atomic E-state index is 13.1. The highest BCUT2D eigenvalue weighted by molar-refractivity contribution is 5.77. The third kappa shape index (κ3) is 2.06. The third-order valence-corrected chi connectivity index (χ3v) is 3.73. The maximum Gasteiger partial charge on any atom is 0.201 e. The Hall–Kier alpha value is -1.62. The molecule has 5 heteroatoms. The number of benzene rings is 1. The first-order valence-electron chi connectivity index (χ1n) is 6.38. The summed E-state index contributed by atoms with van der Waals surface area (Å²) in [6.07, 6.45) is 3.49. The van der Waals surface area contributed by atoms with E-state index < -0.39 is 0 Å². The predicted octanol–water partition coefficient (Wildman–Crippen LogP) is 2.24. The van der Waals surface area contributed by atoms with Crippen molar-refractivity contribution in [3.05, 3.63) is 24.0 Å². The van der Waals surface area contributed by atoms with E-state index in [1.807, 2.05) is 0 Å². The van der Waals surface area contributed by atoms with E-state index in [0.29, 0.717) is 24.5 Å². The van der Waals surface area contributed by atoms with Crippen LogP contribution >= 0.6 is 0 Å². The van der Waals surface area contributed by atoms with E-state index in [1.165, 1.54) is 25.0 Å². The number of hydrogen-bond donors (Lipinski definition) is 3. The monoisotopic (exact) mass is 248 g/mol. The largest absolute Gasteiger partial charge is 0.353 e. The van der Waals surface area contributed by atoms with Crippen molar-refractivity contribution in [2.75, 3.05) is 11.9 Å². The zero-order chi connectivity index (χ0) is 12.5. The number of halogens is 1. The second-order valence-electron chi connectivity index (χ2n) is 4.92. The highest BCUT2D eigenvalue weighted by Crippen LogP contribution is 2.27. The summed E-state index contributed by atoms with van der Waals surface area (Å²) in [5.74, 6) is 0.967. The van der Waals surface area contributed by atoms with Gasteiger partial charge in [0.25, 0.3) is 0 Å². The Balaban J connectivity index is 1.82. The maximum atomic E-state index is 13.1. The molecule has 0 amide bonds. The quantitative estimate of drug-likeness (QED) is 0.780. The molecular weight excluding hydrogens is 231 g/mol. The number of H-pyrrole nitrogens is 1. The van der Waals surface area contributed by atoms with Crippen LogP contribution in [0.3, 0.4) is 0 Å². The van der Waals surface area contributed by atoms with Crippen molar-refractivity contribution in [3.8, 4) is 0 Å². The van der Waals surface area contributed by atoms with Crippen LogP contribution in [0.1, 0.15) is 19.3 Å². The summed E-state index contributed by atoms with van der Waals surface area (Å²) in [6, 6.07) is 4.94. The van der Waals surface area contributed by atoms with Crippen LogP contribution in [0.5, 0.6) is 0 Å². The van der Waals surface area contributed by atoms with Gasteiger partial charge in [0, 0.05) is 6.04 Å². The smallest absolute Gasteiger partial charge is 0.201 e. The molecule has 2 aromatic rings. The first-order valence-corrected chi connectivity index (χ1v) is 6.38. The average molecular weight is 248 g/mol. The van der Waals surface area contributed by atoms with Gasteiger partial charge in [0.1, 0.15) is 5.82 Å². The number of imidazole rings is 1. The fraction of sp³-hybridized carbons (Fsp3) is 0.462. The van der Waals surface area contributed by atoms with E-state index >= 15 is 0 Å². The number of nitrogens with one attached hydrogen (secondary N) is 2. The molecule has 1 aliphatic carbocycles. The first-order chi connectivity index (χ1) is 8.76. The van der Waals surface area contributed by atoms with Crippen LogP contribution < -0.4 is 11.1 Å². The van der Waals surface area contributed by atoms with Gasteiger partial charge in [-0.15, -0.1) is 0 Å². The highest BCUT2D eigenvalue weighted by atomic mass is 19.1. The minimum absolute atomic E-state index is 0.251. The number of hydrogen-bond acceptors (Lipinski definition) is 3. The molecule has 0 aliphatic heterocycles. The van der Waals surface area contributed by atoms with E-state index in [4.69, 9.17) is 5.73 Å². The lowest BCUT2D eigenvalue weighted by atomic mass is 10.0. The zero-order valence-corrected chi connectivity index (χ0v) is 10.1. The van der Waals surface area contributed by atoms with E-state index in [2.05, 4.69) is 15.3 Å². The van der Waals surface area contributed by atoms with Gasteiger partial charge < -0.3 is 16.0 Å². The molecule has 2 unspecified atom stereocenters. The molecule has 1 saturated carbocycles. The van der Waals surface area contributed by atoms with E-state index in [-0.39, 0.29) is 5.82 Å². The molecule has 0 bridgehead atoms. The van der Waals surface area contributed by atoms with E-state index in [1.54, 1.807) is 6.07 Å². The molecule has 4 N–H and O–H groups in total. The van der Waals surface area contributed by atoms with Crippen LogP contribution in [0, 0.1) is 11.7 Å². The first kappa shape index (κ1) is 11.5. The Bertz CT molecular complexity index is 551. The summed E-state index contributed by atoms with van der Waals surface area (Å²) in [6.45, 7) is 0.701. The van der Waals surface area contributed by atoms with Gasteiger partial charge in [-0.2, -0.15) is 0 Å². The van der Waals surface area contributed by atoms with Crippen molar-refractivity contribution in [2.45, 2.75) is 25.3 Å². The molecule has 2 atom stereocenters. The van der Waals surface area contributed by atoms with Crippen LogP contribution in [0.2, 0.25) is 0 Å². The molecule has 1 fully saturated rings. The highest BCUT2D eigenvalue weighted by Gasteiger charge is 2.26. The van der Waals surface area contributed by atoms with Gasteiger partial charge in [-0.1, -0.05) is 6.42 Å². The zero-order valence-electron chi connectivity index (χ0n) is 10.1. The summed E-state index contributed by atoms with van der Waals surface area (Å²) in [7, 11) is 0. The van der Waals surface area contributed by atoms with Crippen molar-refractivity contribution in [3.63, 3.8) is 0 Å². The van der Waals surface area contributed by atoms with Crippen molar-refractivity contribution < 1.29 is 4.39 Å². The van der Waals surface area contributed by atoms with Crippen molar-refractivity contribution in [2.24, 2.45) is 11.7 Å². The Morgan fingerprint density at radius 2 is 2.33 bits per heavy atom. The second kappa shape index (κ2) is 4.57. The Morgan fingerprint density at radius 1 is 1.44 bits per heavy atom. The van der Waals surface area contributed by atoms with Gasteiger partial charge in [0.15, 0.2) is 0 Å². The minimum atomic E-state index is -0.251. The van der Waals surface area contributed by atoms with Crippen molar-refractivity contribution in [1.82, 2.24) is 9.97 Å². The Morgan fingerprint density at radius 3 is 3.17 bits per heavy atom. The topological polar surface area (TPSA) is 66.7 Å². The molecule has 4 nitrogen and oxygen atoms in total. The number of nitrogens with zero attached hydrogens (tertiary/aromatic N) is 1. The van der Waals surface area contributed by atoms with Gasteiger partial charge in [0.05, 0.1) is 11.0 Å². The Kier molecular flexibility index (Phi) is 2.91. The van der Waals surface area contributed by atoms with Gasteiger partial charge in [-0.25, -0.2) is 9.37 Å². The number of aromatic amines is 1. The minimum Gasteiger partial charge on any atom is -0.353 e. The SMILES string of the molecule is NCC1CCCC1Nc1nc2ccc(F)cc2[nH]1. The van der Waals surface area contributed by atoms with Crippen LogP contribution in [-0.4, -0.2) is 22.6 Å². The fourth-order valence-electron chi connectivity index (χ4n) is 2.73. The fourth-order valence-corrected chi connectivity index (χ4v) is 2.73. The van der Waals surface area contributed by atoms with Crippen molar-refractivity contribution >= 4 is 17.0 Å². The molecular formula is C13H17FN4. The summed E-state index contributed by atoms with van der Waals surface area (Å²) in [5, 5.41) is 3.38. The number of nitrogens with two attached hydrogens (primary N) is 1. The second-order valence-corrected chi connectivity index (χ2v) is 4.92. The standard InChI is InChI=1S/C13H17FN4/c14-9-4-5-11-12(6-9)18-13(17-11)16-10-3-1-2-8(10)7-15/h4-6,8,10H,1-3,7,15H2,(H2,16,17,18). The van der Waals surface area contributed by atoms with Crippen LogP contribution in [0.25, 0.3) is 11.0 Å². The van der Waals surface area contributed by atoms with Gasteiger partial charge in [-0.05, 0) is 43.5 Å². The number of anilines is 1. The molecule has 1 aromatic heterocycles. The number of aromatic nitrogens is 2. The van der Waals surface area contributed by atoms with Gasteiger partial charge >= 0.3 is 0 Å². The number of rotatable bonds is 3. The molecule has 1 aromatic carbocycles. The van der Waals surface area contributed by atoms with Crippen molar-refractivity contribution in [1.29, 1.82) is 0 Å². The van der Waals surface area contributed by atoms with Crippen LogP contribution in [-0.2, 0) is 0 Å². The lowest BCUT2D eigenvalue weighted by Gasteiger charge is -2.18. The van der Waals surface area contributed by atoms with Gasteiger partial charge in [0.2, 0.25) is 5.95 Å². The van der Waals surface area contributed by atoms with Gasteiger partial charge in [-0.3, -0.25) is 0 Å². The normalized spacial score (nSPS) is 23.7. The van der Waals surface area contributed by atoms with E-state index in [0.717, 1.165) is 17.5 Å². The Labute approximate surface area is 105 Å². The number of fused-ring (bicyclic) bond motifs is 1. The van der Waals surface area contributed by atoms with E-state index in [9.17, 15) is 4.39 Å². The molecule has 3 rings (SSSR count). The average Bonchev–Trinajstić information content (AvgIpc) is 2.94. The third-order valence-electron chi connectivity index (χ3n) is 3.73. The summed E-state index contributed by atoms with van der Waals surface area (Å²) >= 11 is 0. The predicted molar refractivity (Wildman–Crippen MR) is 69.9 cm³/mol. The van der Waals surface area contributed by atoms with Crippen LogP contribution in [0.4, 0.5) is 10.3 Å². The molecule has 1 heterocycles. The molecule has 1 aliphatic rings. The lowest BCUT2D eigenvalue weighted by Crippen LogP contribution is -2.29. The lowest BCUT2D eigenvalue weighted by molar-refractivity contribution is 0.514. The molecule has 0 radical (unpaired) electrons. The van der Waals surface area contributed by atoms with Crippen LogP contribution in [0.15, 0.2) is 18.2 Å². The summed E-state index contributed by atoms with van der Waals surface area (Å²) in [5.41, 5.74) is 7.25. The molecule has 0 saturated heterocycles. The molecule has 18 heavy (non-hydrogen) atoms. The summed E-state index contributed by atoms with van der Waals surface area (Å²) in [4.78, 5) is 7.52. The molecule has 96 valence electrons. The molecule has 0 spiro atoms.